The van der Waals surface area contributed by atoms with Crippen molar-refractivity contribution in [2.24, 2.45) is 13.0 Å². The third-order valence-electron chi connectivity index (χ3n) is 11.4. The van der Waals surface area contributed by atoms with E-state index in [2.05, 4.69) is 46.8 Å². The summed E-state index contributed by atoms with van der Waals surface area (Å²) < 4.78 is 22.2. The highest BCUT2D eigenvalue weighted by Gasteiger charge is 2.73. The Morgan fingerprint density at radius 1 is 1.05 bits per heavy atom. The molecule has 220 valence electrons. The van der Waals surface area contributed by atoms with Gasteiger partial charge in [0.15, 0.2) is 17.6 Å². The van der Waals surface area contributed by atoms with Crippen LogP contribution in [-0.4, -0.2) is 54.2 Å². The largest absolute Gasteiger partial charge is 0.493 e. The van der Waals surface area contributed by atoms with E-state index in [4.69, 9.17) is 14.2 Å². The molecule has 2 bridgehead atoms. The number of aryl methyl sites for hydroxylation is 2. The SMILES string of the molecule is COc1ccc2c3c1OC1c4c(cc(CCC(=O)CCc5ccccc5)n4C)C[C@@]4(OC)[C@@H](C2)N(CC2CC2)CC[C@]314. The van der Waals surface area contributed by atoms with Crippen LogP contribution in [0.15, 0.2) is 48.5 Å². The number of aromatic nitrogens is 1. The predicted octanol–water partition coefficient (Wildman–Crippen LogP) is 5.52. The maximum absolute atomic E-state index is 13.0. The summed E-state index contributed by atoms with van der Waals surface area (Å²) >= 11 is 0. The standard InChI is InChI=1S/C36H42N2O4/c1-37-27(13-15-28(39)14-11-23-7-5-4-6-8-23)19-26-21-36(41-3)30-20-25-12-16-29(40-2)33-31(25)35(36,34(42-33)32(26)37)17-18-38(30)22-24-9-10-24/h4-8,12,16,19,24,30,34H,9-11,13-15,17-18,20-22H2,1-3H3/t30-,34?,35+,36-/m1/s1. The Morgan fingerprint density at radius 2 is 1.86 bits per heavy atom. The summed E-state index contributed by atoms with van der Waals surface area (Å²) in [6, 6.07) is 17.4. The fourth-order valence-corrected chi connectivity index (χ4v) is 9.24. The van der Waals surface area contributed by atoms with Gasteiger partial charge in [0.25, 0.3) is 0 Å². The first kappa shape index (κ1) is 26.5. The van der Waals surface area contributed by atoms with Crippen LogP contribution in [0, 0.1) is 5.92 Å². The second-order valence-corrected chi connectivity index (χ2v) is 13.4. The molecule has 0 N–H and O–H groups in total. The molecule has 6 nitrogen and oxygen atoms in total. The molecular formula is C36H42N2O4. The number of ether oxygens (including phenoxy) is 3. The lowest BCUT2D eigenvalue weighted by Gasteiger charge is -2.64. The smallest absolute Gasteiger partial charge is 0.166 e. The van der Waals surface area contributed by atoms with Crippen LogP contribution < -0.4 is 9.47 Å². The van der Waals surface area contributed by atoms with Gasteiger partial charge in [-0.25, -0.2) is 0 Å². The van der Waals surface area contributed by atoms with Crippen molar-refractivity contribution < 1.29 is 19.0 Å². The van der Waals surface area contributed by atoms with Gasteiger partial charge in [0.2, 0.25) is 0 Å². The van der Waals surface area contributed by atoms with Gasteiger partial charge in [-0.3, -0.25) is 9.69 Å². The maximum Gasteiger partial charge on any atom is 0.166 e. The second-order valence-electron chi connectivity index (χ2n) is 13.4. The zero-order chi connectivity index (χ0) is 28.6. The van der Waals surface area contributed by atoms with E-state index in [-0.39, 0.29) is 17.1 Å². The molecule has 1 aromatic heterocycles. The minimum Gasteiger partial charge on any atom is -0.493 e. The molecule has 3 aliphatic carbocycles. The number of Topliss-reactive ketones (excluding diaryl/α,β-unsaturated/α-hetero) is 1. The molecule has 0 amide bonds. The van der Waals surface area contributed by atoms with Crippen LogP contribution in [0.2, 0.25) is 0 Å². The highest BCUT2D eigenvalue weighted by molar-refractivity contribution is 5.79. The van der Waals surface area contributed by atoms with Gasteiger partial charge in [-0.1, -0.05) is 36.4 Å². The van der Waals surface area contributed by atoms with E-state index >= 15 is 0 Å². The van der Waals surface area contributed by atoms with Gasteiger partial charge >= 0.3 is 0 Å². The Hall–Kier alpha value is -3.09. The molecule has 3 heterocycles. The highest BCUT2D eigenvalue weighted by atomic mass is 16.5. The lowest BCUT2D eigenvalue weighted by molar-refractivity contribution is -0.191. The molecule has 1 saturated heterocycles. The van der Waals surface area contributed by atoms with Crippen molar-refractivity contribution in [3.05, 3.63) is 82.2 Å². The Morgan fingerprint density at radius 3 is 2.62 bits per heavy atom. The van der Waals surface area contributed by atoms with Crippen LogP contribution >= 0.6 is 0 Å². The van der Waals surface area contributed by atoms with Crippen LogP contribution in [0.5, 0.6) is 11.5 Å². The molecule has 42 heavy (non-hydrogen) atoms. The van der Waals surface area contributed by atoms with Crippen LogP contribution in [0.4, 0.5) is 0 Å². The molecule has 0 radical (unpaired) electrons. The molecule has 8 rings (SSSR count). The molecule has 1 saturated carbocycles. The van der Waals surface area contributed by atoms with Gasteiger partial charge in [0, 0.05) is 57.3 Å². The van der Waals surface area contributed by atoms with Gasteiger partial charge in [-0.2, -0.15) is 0 Å². The molecule has 6 heteroatoms. The summed E-state index contributed by atoms with van der Waals surface area (Å²) in [6.45, 7) is 2.25. The zero-order valence-electron chi connectivity index (χ0n) is 25.2. The average Bonchev–Trinajstić information content (AvgIpc) is 3.69. The lowest BCUT2D eigenvalue weighted by atomic mass is 9.49. The summed E-state index contributed by atoms with van der Waals surface area (Å²) in [5, 5.41) is 0. The van der Waals surface area contributed by atoms with Crippen molar-refractivity contribution >= 4 is 5.78 Å². The molecule has 2 aliphatic heterocycles. The van der Waals surface area contributed by atoms with Gasteiger partial charge in [0.1, 0.15) is 11.4 Å². The monoisotopic (exact) mass is 566 g/mol. The molecule has 2 fully saturated rings. The van der Waals surface area contributed by atoms with Crippen LogP contribution in [0.25, 0.3) is 0 Å². The van der Waals surface area contributed by atoms with Crippen LogP contribution in [-0.2, 0) is 47.7 Å². The van der Waals surface area contributed by atoms with Crippen molar-refractivity contribution in [1.29, 1.82) is 0 Å². The lowest BCUT2D eigenvalue weighted by Crippen LogP contribution is -2.75. The third-order valence-corrected chi connectivity index (χ3v) is 11.4. The zero-order valence-corrected chi connectivity index (χ0v) is 25.2. The number of hydrogen-bond donors (Lipinski definition) is 0. The first-order valence-electron chi connectivity index (χ1n) is 15.9. The van der Waals surface area contributed by atoms with Crippen LogP contribution in [0.1, 0.15) is 71.8 Å². The van der Waals surface area contributed by atoms with E-state index in [1.54, 1.807) is 7.11 Å². The minimum absolute atomic E-state index is 0.135. The summed E-state index contributed by atoms with van der Waals surface area (Å²) in [4.78, 5) is 15.7. The van der Waals surface area contributed by atoms with Gasteiger partial charge in [-0.05, 0) is 79.8 Å². The van der Waals surface area contributed by atoms with E-state index < -0.39 is 0 Å². The number of rotatable bonds is 10. The molecule has 3 aromatic rings. The number of benzene rings is 2. The van der Waals surface area contributed by atoms with E-state index in [1.165, 1.54) is 53.0 Å². The predicted molar refractivity (Wildman–Crippen MR) is 161 cm³/mol. The first-order chi connectivity index (χ1) is 20.5. The second kappa shape index (κ2) is 9.72. The summed E-state index contributed by atoms with van der Waals surface area (Å²) in [5.41, 5.74) is 7.12. The van der Waals surface area contributed by atoms with E-state index in [1.807, 2.05) is 25.3 Å². The molecule has 1 unspecified atom stereocenters. The highest BCUT2D eigenvalue weighted by Crippen LogP contribution is 2.70. The van der Waals surface area contributed by atoms with Crippen LogP contribution in [0.3, 0.4) is 0 Å². The van der Waals surface area contributed by atoms with Crippen molar-refractivity contribution in [1.82, 2.24) is 9.47 Å². The number of carbonyl (C=O) groups is 1. The number of hydrogen-bond acceptors (Lipinski definition) is 5. The Kier molecular flexibility index (Phi) is 6.14. The fourth-order valence-electron chi connectivity index (χ4n) is 9.24. The maximum atomic E-state index is 13.0. The number of carbonyl (C=O) groups excluding carboxylic acids is 1. The minimum atomic E-state index is -0.369. The summed E-state index contributed by atoms with van der Waals surface area (Å²) in [6.07, 6.45) is 8.14. The van der Waals surface area contributed by atoms with Crippen molar-refractivity contribution in [3.63, 3.8) is 0 Å². The van der Waals surface area contributed by atoms with E-state index in [0.717, 1.165) is 56.1 Å². The van der Waals surface area contributed by atoms with Gasteiger partial charge in [-0.15, -0.1) is 0 Å². The average molecular weight is 567 g/mol. The third kappa shape index (κ3) is 3.67. The first-order valence-corrected chi connectivity index (χ1v) is 15.9. The molecule has 5 aliphatic rings. The topological polar surface area (TPSA) is 52.9 Å². The fraction of sp³-hybridized carbons (Fsp3) is 0.528. The molecule has 4 atom stereocenters. The van der Waals surface area contributed by atoms with Gasteiger partial charge in [0.05, 0.1) is 18.2 Å². The number of likely N-dealkylation sites (tertiary alicyclic amines) is 1. The van der Waals surface area contributed by atoms with Crippen molar-refractivity contribution in [2.75, 3.05) is 27.3 Å². The Bertz CT molecular complexity index is 1540. The molecule has 1 spiro atoms. The number of nitrogens with zero attached hydrogens (tertiary/aromatic N) is 2. The number of piperidine rings is 1. The summed E-state index contributed by atoms with van der Waals surface area (Å²) in [7, 11) is 5.86. The molecule has 2 aromatic carbocycles. The number of methoxy groups -OCH3 is 2. The van der Waals surface area contributed by atoms with Crippen molar-refractivity contribution in [3.8, 4) is 11.5 Å². The number of ketones is 1. The number of fused-ring (bicyclic) bond motifs is 2. The van der Waals surface area contributed by atoms with E-state index in [0.29, 0.717) is 24.7 Å². The van der Waals surface area contributed by atoms with Gasteiger partial charge < -0.3 is 18.8 Å². The van der Waals surface area contributed by atoms with E-state index in [9.17, 15) is 4.79 Å². The Balaban J connectivity index is 1.16. The summed E-state index contributed by atoms with van der Waals surface area (Å²) in [5.74, 6) is 2.89. The quantitative estimate of drug-likeness (QED) is 0.324. The van der Waals surface area contributed by atoms with Crippen molar-refractivity contribution in [2.45, 2.75) is 80.9 Å². The molecular weight excluding hydrogens is 524 g/mol. The Labute approximate surface area is 248 Å². The normalized spacial score (nSPS) is 28.6.